The van der Waals surface area contributed by atoms with Gasteiger partial charge in [-0.2, -0.15) is 0 Å². The number of methoxy groups -OCH3 is 1. The van der Waals surface area contributed by atoms with Gasteiger partial charge in [0.2, 0.25) is 0 Å². The number of rotatable bonds is 6. The van der Waals surface area contributed by atoms with Gasteiger partial charge in [0.25, 0.3) is 0 Å². The molecule has 1 N–H and O–H groups in total. The smallest absolute Gasteiger partial charge is 0.121 e. The number of hydrogen-bond acceptors (Lipinski definition) is 2. The first-order chi connectivity index (χ1) is 7.27. The van der Waals surface area contributed by atoms with Crippen LogP contribution in [0, 0.1) is 0 Å². The van der Waals surface area contributed by atoms with E-state index in [0.717, 1.165) is 23.0 Å². The first-order valence-corrected chi connectivity index (χ1v) is 5.73. The van der Waals surface area contributed by atoms with Crippen LogP contribution in [0.3, 0.4) is 0 Å². The second-order valence-corrected chi connectivity index (χ2v) is 3.89. The highest BCUT2D eigenvalue weighted by Crippen LogP contribution is 2.26. The van der Waals surface area contributed by atoms with Crippen molar-refractivity contribution in [3.8, 4) is 5.75 Å². The van der Waals surface area contributed by atoms with Gasteiger partial charge in [0, 0.05) is 12.6 Å². The van der Waals surface area contributed by atoms with Crippen LogP contribution in [0.25, 0.3) is 0 Å². The van der Waals surface area contributed by atoms with E-state index in [1.54, 1.807) is 7.11 Å². The third kappa shape index (κ3) is 4.00. The van der Waals surface area contributed by atoms with Crippen molar-refractivity contribution >= 4 is 17.3 Å². The minimum Gasteiger partial charge on any atom is -0.497 e. The van der Waals surface area contributed by atoms with Crippen LogP contribution in [-0.4, -0.2) is 13.7 Å². The normalized spacial score (nSPS) is 10.1. The van der Waals surface area contributed by atoms with Crippen molar-refractivity contribution in [2.24, 2.45) is 0 Å². The third-order valence-electron chi connectivity index (χ3n) is 2.27. The van der Waals surface area contributed by atoms with Crippen molar-refractivity contribution in [2.75, 3.05) is 19.0 Å². The SMILES string of the molecule is CCCCCNc1cc(OC)ccc1Cl. The highest BCUT2D eigenvalue weighted by Gasteiger charge is 2.01. The lowest BCUT2D eigenvalue weighted by Gasteiger charge is -2.09. The summed E-state index contributed by atoms with van der Waals surface area (Å²) in [5, 5.41) is 4.05. The zero-order valence-electron chi connectivity index (χ0n) is 9.35. The van der Waals surface area contributed by atoms with Crippen LogP contribution in [-0.2, 0) is 0 Å². The predicted octanol–water partition coefficient (Wildman–Crippen LogP) is 3.95. The Hall–Kier alpha value is -0.890. The van der Waals surface area contributed by atoms with Gasteiger partial charge in [-0.25, -0.2) is 0 Å². The Kier molecular flexibility index (Phi) is 5.33. The summed E-state index contributed by atoms with van der Waals surface area (Å²) in [6.07, 6.45) is 3.64. The summed E-state index contributed by atoms with van der Waals surface area (Å²) in [6, 6.07) is 5.64. The molecule has 0 fully saturated rings. The van der Waals surface area contributed by atoms with Gasteiger partial charge in [0.1, 0.15) is 5.75 Å². The maximum atomic E-state index is 6.05. The highest BCUT2D eigenvalue weighted by atomic mass is 35.5. The van der Waals surface area contributed by atoms with Crippen LogP contribution in [0.2, 0.25) is 5.02 Å². The minimum absolute atomic E-state index is 0.743. The lowest BCUT2D eigenvalue weighted by atomic mass is 10.2. The zero-order chi connectivity index (χ0) is 11.1. The molecule has 0 aromatic heterocycles. The topological polar surface area (TPSA) is 21.3 Å². The van der Waals surface area contributed by atoms with E-state index in [9.17, 15) is 0 Å². The zero-order valence-corrected chi connectivity index (χ0v) is 10.1. The van der Waals surface area contributed by atoms with E-state index in [-0.39, 0.29) is 0 Å². The number of hydrogen-bond donors (Lipinski definition) is 1. The van der Waals surface area contributed by atoms with Gasteiger partial charge in [0.05, 0.1) is 17.8 Å². The molecule has 0 radical (unpaired) electrons. The molecule has 1 rings (SSSR count). The molecule has 3 heteroatoms. The van der Waals surface area contributed by atoms with Crippen LogP contribution < -0.4 is 10.1 Å². The highest BCUT2D eigenvalue weighted by molar-refractivity contribution is 6.33. The Labute approximate surface area is 96.6 Å². The molecule has 0 aliphatic carbocycles. The average Bonchev–Trinajstić information content (AvgIpc) is 2.26. The molecule has 15 heavy (non-hydrogen) atoms. The molecule has 0 spiro atoms. The molecule has 0 aliphatic heterocycles. The van der Waals surface area contributed by atoms with Crippen LogP contribution >= 0.6 is 11.6 Å². The van der Waals surface area contributed by atoms with Crippen LogP contribution in [0.5, 0.6) is 5.75 Å². The number of nitrogens with one attached hydrogen (secondary N) is 1. The molecule has 0 aliphatic rings. The van der Waals surface area contributed by atoms with E-state index in [4.69, 9.17) is 16.3 Å². The van der Waals surface area contributed by atoms with Crippen LogP contribution in [0.1, 0.15) is 26.2 Å². The van der Waals surface area contributed by atoms with Gasteiger partial charge >= 0.3 is 0 Å². The molecule has 0 unspecified atom stereocenters. The Morgan fingerprint density at radius 2 is 2.13 bits per heavy atom. The summed E-state index contributed by atoms with van der Waals surface area (Å²) in [5.74, 6) is 0.831. The van der Waals surface area contributed by atoms with E-state index in [0.29, 0.717) is 0 Å². The van der Waals surface area contributed by atoms with Crippen LogP contribution in [0.15, 0.2) is 18.2 Å². The number of halogens is 1. The van der Waals surface area contributed by atoms with E-state index < -0.39 is 0 Å². The lowest BCUT2D eigenvalue weighted by Crippen LogP contribution is -2.01. The lowest BCUT2D eigenvalue weighted by molar-refractivity contribution is 0.415. The molecule has 1 aromatic carbocycles. The van der Waals surface area contributed by atoms with Crippen molar-refractivity contribution in [1.82, 2.24) is 0 Å². The number of benzene rings is 1. The molecule has 0 saturated heterocycles. The minimum atomic E-state index is 0.743. The summed E-state index contributed by atoms with van der Waals surface area (Å²) in [5.41, 5.74) is 0.951. The number of ether oxygens (including phenoxy) is 1. The van der Waals surface area contributed by atoms with Crippen molar-refractivity contribution in [1.29, 1.82) is 0 Å². The van der Waals surface area contributed by atoms with Crippen molar-refractivity contribution in [2.45, 2.75) is 26.2 Å². The van der Waals surface area contributed by atoms with Crippen molar-refractivity contribution in [3.63, 3.8) is 0 Å². The predicted molar refractivity (Wildman–Crippen MR) is 66.0 cm³/mol. The third-order valence-corrected chi connectivity index (χ3v) is 2.60. The molecule has 0 heterocycles. The molecule has 1 aromatic rings. The average molecular weight is 228 g/mol. The molecule has 84 valence electrons. The van der Waals surface area contributed by atoms with Gasteiger partial charge in [-0.3, -0.25) is 0 Å². The van der Waals surface area contributed by atoms with E-state index in [1.165, 1.54) is 19.3 Å². The van der Waals surface area contributed by atoms with Gasteiger partial charge in [-0.1, -0.05) is 31.4 Å². The van der Waals surface area contributed by atoms with Crippen molar-refractivity contribution < 1.29 is 4.74 Å². The second-order valence-electron chi connectivity index (χ2n) is 3.48. The fourth-order valence-corrected chi connectivity index (χ4v) is 1.55. The van der Waals surface area contributed by atoms with Gasteiger partial charge in [-0.15, -0.1) is 0 Å². The molecule has 2 nitrogen and oxygen atoms in total. The monoisotopic (exact) mass is 227 g/mol. The summed E-state index contributed by atoms with van der Waals surface area (Å²) in [7, 11) is 1.66. The van der Waals surface area contributed by atoms with Crippen LogP contribution in [0.4, 0.5) is 5.69 Å². The maximum absolute atomic E-state index is 6.05. The molecule has 0 saturated carbocycles. The number of unbranched alkanes of at least 4 members (excludes halogenated alkanes) is 2. The Morgan fingerprint density at radius 3 is 2.80 bits per heavy atom. The van der Waals surface area contributed by atoms with Gasteiger partial charge in [-0.05, 0) is 18.6 Å². The molecular weight excluding hydrogens is 210 g/mol. The summed E-state index contributed by atoms with van der Waals surface area (Å²) in [4.78, 5) is 0. The van der Waals surface area contributed by atoms with Gasteiger partial charge < -0.3 is 10.1 Å². The fraction of sp³-hybridized carbons (Fsp3) is 0.500. The standard InChI is InChI=1S/C12H18ClNO/c1-3-4-5-8-14-12-9-10(15-2)6-7-11(12)13/h6-7,9,14H,3-5,8H2,1-2H3. The first kappa shape index (κ1) is 12.2. The van der Waals surface area contributed by atoms with E-state index in [2.05, 4.69) is 12.2 Å². The summed E-state index contributed by atoms with van der Waals surface area (Å²) in [6.45, 7) is 3.15. The van der Waals surface area contributed by atoms with E-state index in [1.807, 2.05) is 18.2 Å². The molecule has 0 atom stereocenters. The fourth-order valence-electron chi connectivity index (χ4n) is 1.36. The Bertz CT molecular complexity index is 302. The van der Waals surface area contributed by atoms with Crippen molar-refractivity contribution in [3.05, 3.63) is 23.2 Å². The van der Waals surface area contributed by atoms with E-state index >= 15 is 0 Å². The quantitative estimate of drug-likeness (QED) is 0.743. The Morgan fingerprint density at radius 1 is 1.33 bits per heavy atom. The summed E-state index contributed by atoms with van der Waals surface area (Å²) >= 11 is 6.05. The maximum Gasteiger partial charge on any atom is 0.121 e. The molecular formula is C12H18ClNO. The Balaban J connectivity index is 2.51. The molecule has 0 amide bonds. The first-order valence-electron chi connectivity index (χ1n) is 5.35. The summed E-state index contributed by atoms with van der Waals surface area (Å²) < 4.78 is 5.14. The second kappa shape index (κ2) is 6.57. The van der Waals surface area contributed by atoms with Gasteiger partial charge in [0.15, 0.2) is 0 Å². The number of anilines is 1. The largest absolute Gasteiger partial charge is 0.497 e. The molecule has 0 bridgehead atoms.